The zero-order chi connectivity index (χ0) is 13.1. The quantitative estimate of drug-likeness (QED) is 0.553. The summed E-state index contributed by atoms with van der Waals surface area (Å²) in [6, 6.07) is 0. The Morgan fingerprint density at radius 1 is 1.11 bits per heavy atom. The molecule has 0 amide bonds. The Bertz CT molecular complexity index is 544. The molecule has 3 heterocycles. The molecule has 0 aliphatic carbocycles. The maximum absolute atomic E-state index is 5.84. The predicted molar refractivity (Wildman–Crippen MR) is 71.1 cm³/mol. The van der Waals surface area contributed by atoms with Crippen LogP contribution in [0.25, 0.3) is 11.2 Å². The van der Waals surface area contributed by atoms with E-state index >= 15 is 0 Å². The Balaban J connectivity index is 0.000000202. The van der Waals surface area contributed by atoms with Crippen LogP contribution in [0.2, 0.25) is 10.4 Å². The lowest BCUT2D eigenvalue weighted by Gasteiger charge is -1.95. The van der Waals surface area contributed by atoms with E-state index in [1.165, 1.54) is 12.8 Å². The van der Waals surface area contributed by atoms with Gasteiger partial charge in [-0.3, -0.25) is 0 Å². The number of rotatable bonds is 0. The Morgan fingerprint density at radius 2 is 1.78 bits per heavy atom. The summed E-state index contributed by atoms with van der Waals surface area (Å²) in [5.74, 6) is 0.827. The molecule has 0 saturated carbocycles. The number of fused-ring (bicyclic) bond motifs is 1. The average molecular weight is 289 g/mol. The van der Waals surface area contributed by atoms with Gasteiger partial charge in [0, 0.05) is 20.3 Å². The minimum atomic E-state index is 0.139. The topological polar surface area (TPSA) is 52.8 Å². The van der Waals surface area contributed by atoms with Crippen molar-refractivity contribution in [1.82, 2.24) is 19.5 Å². The van der Waals surface area contributed by atoms with E-state index in [9.17, 15) is 0 Å². The fourth-order valence-electron chi connectivity index (χ4n) is 1.62. The largest absolute Gasteiger partial charge is 0.381 e. The van der Waals surface area contributed by atoms with E-state index in [2.05, 4.69) is 15.0 Å². The molecule has 1 aliphatic heterocycles. The van der Waals surface area contributed by atoms with Crippen LogP contribution in [0.15, 0.2) is 0 Å². The van der Waals surface area contributed by atoms with Gasteiger partial charge in [0.2, 0.25) is 5.28 Å². The SMILES string of the molecule is C1CCOC1.Cc1nc2c(Cl)nc(Cl)nc2n1C. The van der Waals surface area contributed by atoms with Crippen molar-refractivity contribution < 1.29 is 4.74 Å². The number of imidazole rings is 1. The Hall–Kier alpha value is -0.910. The highest BCUT2D eigenvalue weighted by atomic mass is 35.5. The maximum atomic E-state index is 5.84. The summed E-state index contributed by atoms with van der Waals surface area (Å²) in [6.45, 7) is 3.87. The third-order valence-electron chi connectivity index (χ3n) is 2.70. The number of hydrogen-bond donors (Lipinski definition) is 0. The number of aryl methyl sites for hydroxylation is 2. The molecule has 18 heavy (non-hydrogen) atoms. The lowest BCUT2D eigenvalue weighted by molar-refractivity contribution is 0.198. The lowest BCUT2D eigenvalue weighted by Crippen LogP contribution is -1.93. The minimum Gasteiger partial charge on any atom is -0.381 e. The van der Waals surface area contributed by atoms with Crippen molar-refractivity contribution in [2.75, 3.05) is 13.2 Å². The second-order valence-corrected chi connectivity index (χ2v) is 4.69. The van der Waals surface area contributed by atoms with Gasteiger partial charge in [-0.1, -0.05) is 11.6 Å². The molecule has 0 atom stereocenters. The molecule has 0 aromatic carbocycles. The van der Waals surface area contributed by atoms with Crippen molar-refractivity contribution in [2.45, 2.75) is 19.8 Å². The Morgan fingerprint density at radius 3 is 2.33 bits per heavy atom. The second kappa shape index (κ2) is 5.82. The van der Waals surface area contributed by atoms with E-state index in [0.717, 1.165) is 19.0 Å². The van der Waals surface area contributed by atoms with Gasteiger partial charge in [0.25, 0.3) is 0 Å². The van der Waals surface area contributed by atoms with Crippen LogP contribution in [0.5, 0.6) is 0 Å². The molecule has 5 nitrogen and oxygen atoms in total. The maximum Gasteiger partial charge on any atom is 0.225 e. The first-order valence-corrected chi connectivity index (χ1v) is 6.45. The fraction of sp³-hybridized carbons (Fsp3) is 0.545. The van der Waals surface area contributed by atoms with Gasteiger partial charge in [0.1, 0.15) is 11.3 Å². The Kier molecular flexibility index (Phi) is 4.37. The van der Waals surface area contributed by atoms with Gasteiger partial charge in [0.05, 0.1) is 0 Å². The average Bonchev–Trinajstić information content (AvgIpc) is 2.96. The number of aromatic nitrogens is 4. The van der Waals surface area contributed by atoms with Gasteiger partial charge in [-0.15, -0.1) is 0 Å². The normalized spacial score (nSPS) is 14.7. The molecule has 7 heteroatoms. The molecule has 1 saturated heterocycles. The Labute approximate surface area is 115 Å². The van der Waals surface area contributed by atoms with Crippen molar-refractivity contribution in [3.8, 4) is 0 Å². The van der Waals surface area contributed by atoms with Crippen LogP contribution < -0.4 is 0 Å². The molecule has 0 unspecified atom stereocenters. The molecule has 1 fully saturated rings. The van der Waals surface area contributed by atoms with Gasteiger partial charge >= 0.3 is 0 Å². The molecule has 2 aromatic heterocycles. The molecule has 0 radical (unpaired) electrons. The first kappa shape index (κ1) is 13.5. The third-order valence-corrected chi connectivity index (χ3v) is 3.13. The van der Waals surface area contributed by atoms with Gasteiger partial charge in [-0.2, -0.15) is 4.98 Å². The summed E-state index contributed by atoms with van der Waals surface area (Å²) >= 11 is 11.5. The third kappa shape index (κ3) is 2.91. The van der Waals surface area contributed by atoms with Crippen LogP contribution in [0.1, 0.15) is 18.7 Å². The summed E-state index contributed by atoms with van der Waals surface area (Å²) in [7, 11) is 1.85. The summed E-state index contributed by atoms with van der Waals surface area (Å²) in [6.07, 6.45) is 2.56. The zero-order valence-corrected chi connectivity index (χ0v) is 11.8. The molecular formula is C11H14Cl2N4O. The summed E-state index contributed by atoms with van der Waals surface area (Å²) < 4.78 is 6.76. The smallest absolute Gasteiger partial charge is 0.225 e. The van der Waals surface area contributed by atoms with Crippen LogP contribution >= 0.6 is 23.2 Å². The number of hydrogen-bond acceptors (Lipinski definition) is 4. The highest BCUT2D eigenvalue weighted by Gasteiger charge is 2.11. The summed E-state index contributed by atoms with van der Waals surface area (Å²) in [5, 5.41) is 0.430. The molecule has 2 aromatic rings. The van der Waals surface area contributed by atoms with E-state index in [1.54, 1.807) is 0 Å². The highest BCUT2D eigenvalue weighted by Crippen LogP contribution is 2.21. The van der Waals surface area contributed by atoms with E-state index < -0.39 is 0 Å². The monoisotopic (exact) mass is 288 g/mol. The zero-order valence-electron chi connectivity index (χ0n) is 10.3. The van der Waals surface area contributed by atoms with Gasteiger partial charge in [-0.05, 0) is 31.4 Å². The molecule has 0 spiro atoms. The first-order valence-electron chi connectivity index (χ1n) is 5.69. The first-order chi connectivity index (χ1) is 8.59. The number of nitrogens with zero attached hydrogens (tertiary/aromatic N) is 4. The molecule has 1 aliphatic rings. The van der Waals surface area contributed by atoms with Crippen molar-refractivity contribution in [2.24, 2.45) is 7.05 Å². The number of ether oxygens (including phenoxy) is 1. The highest BCUT2D eigenvalue weighted by molar-refractivity contribution is 6.35. The lowest BCUT2D eigenvalue weighted by atomic mass is 10.4. The van der Waals surface area contributed by atoms with Gasteiger partial charge in [0.15, 0.2) is 10.8 Å². The molecule has 98 valence electrons. The summed E-state index contributed by atoms with van der Waals surface area (Å²) in [5.41, 5.74) is 1.24. The van der Waals surface area contributed by atoms with E-state index in [4.69, 9.17) is 27.9 Å². The van der Waals surface area contributed by atoms with Crippen LogP contribution in [0.3, 0.4) is 0 Å². The van der Waals surface area contributed by atoms with Crippen molar-refractivity contribution in [1.29, 1.82) is 0 Å². The predicted octanol–water partition coefficient (Wildman–Crippen LogP) is 2.78. The molecule has 0 N–H and O–H groups in total. The molecular weight excluding hydrogens is 275 g/mol. The van der Waals surface area contributed by atoms with Crippen molar-refractivity contribution >= 4 is 34.4 Å². The van der Waals surface area contributed by atoms with Crippen LogP contribution in [0.4, 0.5) is 0 Å². The van der Waals surface area contributed by atoms with E-state index in [0.29, 0.717) is 16.3 Å². The van der Waals surface area contributed by atoms with Crippen LogP contribution in [0, 0.1) is 6.92 Å². The van der Waals surface area contributed by atoms with Crippen molar-refractivity contribution in [3.05, 3.63) is 16.3 Å². The van der Waals surface area contributed by atoms with E-state index in [1.807, 2.05) is 18.5 Å². The van der Waals surface area contributed by atoms with E-state index in [-0.39, 0.29) is 5.28 Å². The molecule has 3 rings (SSSR count). The van der Waals surface area contributed by atoms with Crippen molar-refractivity contribution in [3.63, 3.8) is 0 Å². The standard InChI is InChI=1S/C7H6Cl2N4.C4H8O/c1-3-10-4-5(8)11-7(9)12-6(4)13(3)2;1-2-4-5-3-1/h1-2H3;1-4H2. The minimum absolute atomic E-state index is 0.139. The summed E-state index contributed by atoms with van der Waals surface area (Å²) in [4.78, 5) is 12.0. The molecule has 0 bridgehead atoms. The fourth-order valence-corrected chi connectivity index (χ4v) is 2.04. The number of halogens is 2. The second-order valence-electron chi connectivity index (χ2n) is 3.99. The van der Waals surface area contributed by atoms with Crippen LogP contribution in [-0.4, -0.2) is 32.7 Å². The van der Waals surface area contributed by atoms with Gasteiger partial charge < -0.3 is 9.30 Å². The van der Waals surface area contributed by atoms with Crippen LogP contribution in [-0.2, 0) is 11.8 Å². The van der Waals surface area contributed by atoms with Gasteiger partial charge in [-0.25, -0.2) is 9.97 Å².